The number of nitrogens with two attached hydrogens (primary N) is 1. The molecule has 0 aliphatic carbocycles. The number of rotatable bonds is 35. The van der Waals surface area contributed by atoms with Gasteiger partial charge in [0.25, 0.3) is 11.8 Å². The van der Waals surface area contributed by atoms with Crippen molar-refractivity contribution in [3.63, 3.8) is 0 Å². The molecule has 1 heterocycles. The first-order valence-corrected chi connectivity index (χ1v) is 21.3. The summed E-state index contributed by atoms with van der Waals surface area (Å²) in [7, 11) is 6.10. The molecule has 0 radical (unpaired) electrons. The highest BCUT2D eigenvalue weighted by Gasteiger charge is 2.32. The smallest absolute Gasteiger partial charge is 0.407 e. The van der Waals surface area contributed by atoms with E-state index in [-0.39, 0.29) is 96.5 Å². The molecule has 0 bridgehead atoms. The molecule has 66 heavy (non-hydrogen) atoms. The van der Waals surface area contributed by atoms with Gasteiger partial charge in [0.2, 0.25) is 0 Å². The molecule has 0 spiro atoms. The SMILES string of the molecule is C#CCCC(=O)CCCOC(COC(=O)CCCOC)COC(=O)NCCOC.C#CCN.COCCCC(=O)OCC(COC(=O)NCCOC)OCCCC(=O)ON1C(=O)CCC1=O. The van der Waals surface area contributed by atoms with Gasteiger partial charge in [0, 0.05) is 113 Å². The van der Waals surface area contributed by atoms with E-state index in [4.69, 9.17) is 64.4 Å². The molecule has 2 unspecified atom stereocenters. The molecule has 376 valence electrons. The standard InChI is InChI=1S/C20H32N2O11.C20H33NO8.C3H5N/c1-28-10-3-5-18(25)31-13-15(14-32-20(27)21-9-12-29-2)30-11-4-6-19(26)33-22-16(23)7-8-17(22)24;1-4-5-8-17(22)9-6-13-27-18(15-28-19(23)10-7-12-25-2)16-29-20(24)21-11-14-26-3;1-2-3-4/h15H,3-14H2,1-2H3,(H,21,27);1,18H,5-16H2,2-3H3,(H,21,24);1H,3-4H2. The number of ketones is 1. The number of carbonyl (C=O) groups is 8. The van der Waals surface area contributed by atoms with E-state index in [2.05, 4.69) is 28.9 Å². The maximum atomic E-state index is 11.8. The third kappa shape index (κ3) is 39.0. The van der Waals surface area contributed by atoms with Crippen molar-refractivity contribution in [1.82, 2.24) is 15.7 Å². The van der Waals surface area contributed by atoms with Crippen molar-refractivity contribution < 1.29 is 90.6 Å². The van der Waals surface area contributed by atoms with Crippen molar-refractivity contribution >= 4 is 47.7 Å². The van der Waals surface area contributed by atoms with Crippen LogP contribution in [0.25, 0.3) is 0 Å². The average Bonchev–Trinajstić information content (AvgIpc) is 3.62. The van der Waals surface area contributed by atoms with Crippen molar-refractivity contribution in [2.75, 3.05) is 114 Å². The summed E-state index contributed by atoms with van der Waals surface area (Å²) in [4.78, 5) is 97.9. The molecule has 1 fully saturated rings. The van der Waals surface area contributed by atoms with Gasteiger partial charge >= 0.3 is 30.1 Å². The molecule has 1 aliphatic rings. The van der Waals surface area contributed by atoms with E-state index in [0.29, 0.717) is 83.1 Å². The molecular weight excluding hydrogens is 876 g/mol. The fourth-order valence-corrected chi connectivity index (χ4v) is 4.60. The fraction of sp³-hybridized carbons (Fsp3) is 0.721. The molecule has 1 saturated heterocycles. The summed E-state index contributed by atoms with van der Waals surface area (Å²) in [6.07, 6.45) is 10.3. The van der Waals surface area contributed by atoms with Crippen LogP contribution in [0.5, 0.6) is 0 Å². The summed E-state index contributed by atoms with van der Waals surface area (Å²) in [5.74, 6) is 2.00. The minimum absolute atomic E-state index is 0.0140. The van der Waals surface area contributed by atoms with E-state index in [1.165, 1.54) is 21.3 Å². The van der Waals surface area contributed by atoms with Crippen LogP contribution in [-0.4, -0.2) is 179 Å². The first kappa shape index (κ1) is 62.7. The summed E-state index contributed by atoms with van der Waals surface area (Å²) in [6, 6.07) is 0. The second-order valence-corrected chi connectivity index (χ2v) is 13.5. The average molecular weight is 947 g/mol. The number of esters is 2. The minimum Gasteiger partial charge on any atom is -0.463 e. The van der Waals surface area contributed by atoms with Crippen molar-refractivity contribution in [3.8, 4) is 24.7 Å². The Morgan fingerprint density at radius 1 is 0.576 bits per heavy atom. The number of hydroxylamine groups is 2. The Kier molecular flexibility index (Phi) is 42.5. The van der Waals surface area contributed by atoms with Crippen LogP contribution in [0, 0.1) is 24.7 Å². The zero-order valence-electron chi connectivity index (χ0n) is 38.8. The first-order chi connectivity index (χ1) is 31.8. The van der Waals surface area contributed by atoms with Gasteiger partial charge < -0.3 is 68.6 Å². The van der Waals surface area contributed by atoms with Gasteiger partial charge in [-0.25, -0.2) is 14.4 Å². The Morgan fingerprint density at radius 2 is 0.970 bits per heavy atom. The van der Waals surface area contributed by atoms with Gasteiger partial charge in [-0.1, -0.05) is 5.92 Å². The Hall–Kier alpha value is -5.40. The van der Waals surface area contributed by atoms with Gasteiger partial charge in [-0.2, -0.15) is 0 Å². The van der Waals surface area contributed by atoms with Gasteiger partial charge in [0.15, 0.2) is 0 Å². The number of terminal acetylenes is 2. The second kappa shape index (κ2) is 44.8. The number of Topliss-reactive ketones (excluding diaryl/α,β-unsaturated/α-hetero) is 1. The molecule has 0 aromatic heterocycles. The summed E-state index contributed by atoms with van der Waals surface area (Å²) in [5.41, 5.74) is 4.79. The molecule has 0 saturated carbocycles. The quantitative estimate of drug-likeness (QED) is 0.0264. The summed E-state index contributed by atoms with van der Waals surface area (Å²) >= 11 is 0. The van der Waals surface area contributed by atoms with Gasteiger partial charge in [0.1, 0.15) is 44.4 Å². The summed E-state index contributed by atoms with van der Waals surface area (Å²) in [6.45, 7) is 2.33. The summed E-state index contributed by atoms with van der Waals surface area (Å²) < 4.78 is 51.1. The van der Waals surface area contributed by atoms with Crippen LogP contribution in [0.4, 0.5) is 9.59 Å². The lowest BCUT2D eigenvalue weighted by Crippen LogP contribution is -2.34. The van der Waals surface area contributed by atoms with E-state index in [1.54, 1.807) is 7.11 Å². The Bertz CT molecular complexity index is 1400. The lowest BCUT2D eigenvalue weighted by atomic mass is 10.1. The maximum Gasteiger partial charge on any atom is 0.407 e. The predicted octanol–water partition coefficient (Wildman–Crippen LogP) is 1.16. The molecule has 0 aromatic rings. The number of carbonyl (C=O) groups excluding carboxylic acids is 8. The number of ether oxygens (including phenoxy) is 10. The van der Waals surface area contributed by atoms with E-state index in [1.807, 2.05) is 0 Å². The molecule has 23 heteroatoms. The minimum atomic E-state index is -0.762. The molecule has 0 aromatic carbocycles. The first-order valence-electron chi connectivity index (χ1n) is 21.3. The third-order valence-electron chi connectivity index (χ3n) is 7.97. The molecule has 4 N–H and O–H groups in total. The normalized spacial score (nSPS) is 12.4. The van der Waals surface area contributed by atoms with Crippen LogP contribution in [-0.2, 0) is 81.0 Å². The fourth-order valence-electron chi connectivity index (χ4n) is 4.60. The van der Waals surface area contributed by atoms with Crippen LogP contribution in [0.2, 0.25) is 0 Å². The number of hydrogen-bond donors (Lipinski definition) is 3. The van der Waals surface area contributed by atoms with Gasteiger partial charge in [-0.3, -0.25) is 24.0 Å². The zero-order chi connectivity index (χ0) is 49.6. The lowest BCUT2D eigenvalue weighted by Gasteiger charge is -2.18. The topological polar surface area (TPSA) is 291 Å². The van der Waals surface area contributed by atoms with Crippen LogP contribution in [0.1, 0.15) is 77.0 Å². The van der Waals surface area contributed by atoms with Gasteiger partial charge in [-0.05, 0) is 25.7 Å². The second-order valence-electron chi connectivity index (χ2n) is 13.5. The van der Waals surface area contributed by atoms with Crippen LogP contribution < -0.4 is 16.4 Å². The van der Waals surface area contributed by atoms with Crippen molar-refractivity contribution in [2.45, 2.75) is 89.3 Å². The predicted molar refractivity (Wildman–Crippen MR) is 233 cm³/mol. The van der Waals surface area contributed by atoms with Crippen molar-refractivity contribution in [3.05, 3.63) is 0 Å². The number of nitrogens with one attached hydrogen (secondary N) is 2. The molecule has 1 rings (SSSR count). The van der Waals surface area contributed by atoms with Gasteiger partial charge in [0.05, 0.1) is 26.2 Å². The molecule has 2 atom stereocenters. The number of hydrogen-bond acceptors (Lipinski definition) is 20. The number of alkyl carbamates (subject to hydrolysis) is 2. The zero-order valence-corrected chi connectivity index (χ0v) is 38.8. The van der Waals surface area contributed by atoms with E-state index in [9.17, 15) is 38.4 Å². The van der Waals surface area contributed by atoms with Crippen LogP contribution in [0.3, 0.4) is 0 Å². The van der Waals surface area contributed by atoms with E-state index >= 15 is 0 Å². The Labute approximate surface area is 387 Å². The molecule has 4 amide bonds. The van der Waals surface area contributed by atoms with E-state index in [0.717, 1.165) is 0 Å². The number of imide groups is 1. The highest BCUT2D eigenvalue weighted by atomic mass is 16.7. The Morgan fingerprint density at radius 3 is 1.38 bits per heavy atom. The maximum absolute atomic E-state index is 11.8. The monoisotopic (exact) mass is 946 g/mol. The van der Waals surface area contributed by atoms with Gasteiger partial charge in [-0.15, -0.1) is 23.8 Å². The van der Waals surface area contributed by atoms with Crippen LogP contribution in [0.15, 0.2) is 0 Å². The molecule has 23 nitrogen and oxygen atoms in total. The largest absolute Gasteiger partial charge is 0.463 e. The summed E-state index contributed by atoms with van der Waals surface area (Å²) in [5, 5.41) is 5.47. The molecular formula is C43H70N4O19. The highest BCUT2D eigenvalue weighted by molar-refractivity contribution is 6.01. The van der Waals surface area contributed by atoms with Crippen LogP contribution >= 0.6 is 0 Å². The third-order valence-corrected chi connectivity index (χ3v) is 7.97. The lowest BCUT2D eigenvalue weighted by molar-refractivity contribution is -0.197. The number of nitrogens with zero attached hydrogens (tertiary/aromatic N) is 1. The van der Waals surface area contributed by atoms with Crippen molar-refractivity contribution in [2.24, 2.45) is 5.73 Å². The Balaban J connectivity index is 0. The van der Waals surface area contributed by atoms with E-state index < -0.39 is 48.1 Å². The highest BCUT2D eigenvalue weighted by Crippen LogP contribution is 2.13. The molecule has 1 aliphatic heterocycles. The van der Waals surface area contributed by atoms with Crippen molar-refractivity contribution in [1.29, 1.82) is 0 Å². The number of methoxy groups -OCH3 is 4. The number of amides is 4.